The molecule has 7 heteroatoms. The number of sulfone groups is 1. The first-order valence-corrected chi connectivity index (χ1v) is 8.64. The first-order chi connectivity index (χ1) is 8.28. The van der Waals surface area contributed by atoms with Gasteiger partial charge in [0.15, 0.2) is 5.78 Å². The van der Waals surface area contributed by atoms with Crippen LogP contribution in [0.3, 0.4) is 0 Å². The molecule has 0 aliphatic carbocycles. The Morgan fingerprint density at radius 2 is 2.06 bits per heavy atom. The number of carbonyl (C=O) groups excluding carboxylic acids is 1. The molecule has 0 aliphatic rings. The van der Waals surface area contributed by atoms with E-state index in [1.807, 2.05) is 0 Å². The van der Waals surface area contributed by atoms with E-state index in [9.17, 15) is 21.8 Å². The van der Waals surface area contributed by atoms with Gasteiger partial charge in [-0.05, 0) is 12.1 Å². The lowest BCUT2D eigenvalue weighted by molar-refractivity contribution is 0.102. The van der Waals surface area contributed by atoms with Crippen LogP contribution in [0.1, 0.15) is 10.4 Å². The maximum atomic E-state index is 12.9. The van der Waals surface area contributed by atoms with Gasteiger partial charge in [-0.1, -0.05) is 12.1 Å². The SMILES string of the molecule is CS(=O)(=O)CCS(=O)CC(=O)c1cccc(F)c1. The molecular weight excluding hydrogens is 279 g/mol. The number of hydrogen-bond donors (Lipinski definition) is 0. The summed E-state index contributed by atoms with van der Waals surface area (Å²) in [5, 5.41) is 0. The molecule has 1 aromatic rings. The highest BCUT2D eigenvalue weighted by Gasteiger charge is 2.13. The summed E-state index contributed by atoms with van der Waals surface area (Å²) >= 11 is 0. The third-order valence-electron chi connectivity index (χ3n) is 2.12. The minimum Gasteiger partial charge on any atom is -0.293 e. The number of carbonyl (C=O) groups is 1. The summed E-state index contributed by atoms with van der Waals surface area (Å²) < 4.78 is 46.1. The second-order valence-corrected chi connectivity index (χ2v) is 7.69. The maximum absolute atomic E-state index is 12.9. The molecule has 0 fully saturated rings. The number of rotatable bonds is 6. The van der Waals surface area contributed by atoms with Crippen LogP contribution in [0.4, 0.5) is 4.39 Å². The molecule has 0 aromatic heterocycles. The van der Waals surface area contributed by atoms with Crippen molar-refractivity contribution in [1.29, 1.82) is 0 Å². The summed E-state index contributed by atoms with van der Waals surface area (Å²) in [5.41, 5.74) is 0.141. The van der Waals surface area contributed by atoms with Gasteiger partial charge >= 0.3 is 0 Å². The predicted octanol–water partition coefficient (Wildman–Crippen LogP) is 0.802. The summed E-state index contributed by atoms with van der Waals surface area (Å²) in [7, 11) is -4.75. The van der Waals surface area contributed by atoms with Crippen LogP contribution in [0, 0.1) is 5.82 Å². The first-order valence-electron chi connectivity index (χ1n) is 5.09. The molecule has 18 heavy (non-hydrogen) atoms. The van der Waals surface area contributed by atoms with Crippen molar-refractivity contribution < 1.29 is 21.8 Å². The second kappa shape index (κ2) is 6.19. The molecule has 0 radical (unpaired) electrons. The van der Waals surface area contributed by atoms with Crippen molar-refractivity contribution in [1.82, 2.24) is 0 Å². The Kier molecular flexibility index (Phi) is 5.15. The number of ketones is 1. The summed E-state index contributed by atoms with van der Waals surface area (Å²) in [6.07, 6.45) is 1.04. The van der Waals surface area contributed by atoms with E-state index < -0.39 is 32.2 Å². The van der Waals surface area contributed by atoms with Gasteiger partial charge in [0.05, 0.1) is 11.5 Å². The smallest absolute Gasteiger partial charge is 0.175 e. The molecule has 0 heterocycles. The highest BCUT2D eigenvalue weighted by atomic mass is 32.2. The van der Waals surface area contributed by atoms with Crippen molar-refractivity contribution in [3.63, 3.8) is 0 Å². The van der Waals surface area contributed by atoms with Crippen LogP contribution in [0.15, 0.2) is 24.3 Å². The monoisotopic (exact) mass is 292 g/mol. The number of hydrogen-bond acceptors (Lipinski definition) is 4. The van der Waals surface area contributed by atoms with E-state index in [0.717, 1.165) is 12.3 Å². The van der Waals surface area contributed by atoms with Crippen LogP contribution < -0.4 is 0 Å². The average molecular weight is 292 g/mol. The number of halogens is 1. The zero-order valence-corrected chi connectivity index (χ0v) is 11.4. The molecule has 1 atom stereocenters. The van der Waals surface area contributed by atoms with E-state index in [-0.39, 0.29) is 22.8 Å². The zero-order chi connectivity index (χ0) is 13.8. The Morgan fingerprint density at radius 3 is 2.61 bits per heavy atom. The molecule has 0 saturated carbocycles. The Bertz CT molecular complexity index is 566. The fourth-order valence-electron chi connectivity index (χ4n) is 1.21. The maximum Gasteiger partial charge on any atom is 0.175 e. The summed E-state index contributed by atoms with van der Waals surface area (Å²) in [6.45, 7) is 0. The van der Waals surface area contributed by atoms with Gasteiger partial charge < -0.3 is 0 Å². The Morgan fingerprint density at radius 1 is 1.39 bits per heavy atom. The molecule has 1 aromatic carbocycles. The van der Waals surface area contributed by atoms with E-state index in [4.69, 9.17) is 0 Å². The van der Waals surface area contributed by atoms with Crippen LogP contribution in [-0.4, -0.2) is 41.9 Å². The third kappa shape index (κ3) is 5.50. The summed E-state index contributed by atoms with van der Waals surface area (Å²) in [4.78, 5) is 11.6. The van der Waals surface area contributed by atoms with Crippen LogP contribution in [0.25, 0.3) is 0 Å². The van der Waals surface area contributed by atoms with Gasteiger partial charge in [-0.15, -0.1) is 0 Å². The van der Waals surface area contributed by atoms with Crippen LogP contribution >= 0.6 is 0 Å². The van der Waals surface area contributed by atoms with Crippen LogP contribution in [0.5, 0.6) is 0 Å². The topological polar surface area (TPSA) is 68.3 Å². The van der Waals surface area contributed by atoms with E-state index >= 15 is 0 Å². The fourth-order valence-corrected chi connectivity index (χ4v) is 3.77. The van der Waals surface area contributed by atoms with Gasteiger partial charge in [0.2, 0.25) is 0 Å². The number of Topliss-reactive ketones (excluding diaryl/α,β-unsaturated/α-hetero) is 1. The highest BCUT2D eigenvalue weighted by Crippen LogP contribution is 2.05. The van der Waals surface area contributed by atoms with Crippen LogP contribution in [-0.2, 0) is 20.6 Å². The molecular formula is C11H13FO4S2. The molecule has 0 bridgehead atoms. The zero-order valence-electron chi connectivity index (χ0n) is 9.76. The fraction of sp³-hybridized carbons (Fsp3) is 0.364. The summed E-state index contributed by atoms with van der Waals surface area (Å²) in [5.74, 6) is -1.60. The Hall–Kier alpha value is -1.08. The van der Waals surface area contributed by atoms with Gasteiger partial charge in [-0.3, -0.25) is 9.00 Å². The molecule has 0 N–H and O–H groups in total. The highest BCUT2D eigenvalue weighted by molar-refractivity contribution is 7.92. The standard InChI is InChI=1S/C11H13FO4S2/c1-18(15,16)6-5-17(14)8-11(13)9-3-2-4-10(12)7-9/h2-4,7H,5-6,8H2,1H3. The van der Waals surface area contributed by atoms with Crippen molar-refractivity contribution in [3.05, 3.63) is 35.6 Å². The molecule has 0 aliphatic heterocycles. The van der Waals surface area contributed by atoms with Gasteiger partial charge in [0.25, 0.3) is 0 Å². The molecule has 0 saturated heterocycles. The van der Waals surface area contributed by atoms with Crippen molar-refractivity contribution in [3.8, 4) is 0 Å². The van der Waals surface area contributed by atoms with Crippen molar-refractivity contribution in [2.75, 3.05) is 23.5 Å². The van der Waals surface area contributed by atoms with Crippen LogP contribution in [0.2, 0.25) is 0 Å². The molecule has 0 amide bonds. The lowest BCUT2D eigenvalue weighted by Crippen LogP contribution is -2.18. The quantitative estimate of drug-likeness (QED) is 0.727. The molecule has 1 unspecified atom stereocenters. The van der Waals surface area contributed by atoms with E-state index in [2.05, 4.69) is 0 Å². The largest absolute Gasteiger partial charge is 0.293 e. The summed E-state index contributed by atoms with van der Waals surface area (Å²) in [6, 6.07) is 5.09. The van der Waals surface area contributed by atoms with Gasteiger partial charge in [0.1, 0.15) is 15.7 Å². The molecule has 1 rings (SSSR count). The average Bonchev–Trinajstić information content (AvgIpc) is 2.25. The third-order valence-corrected chi connectivity index (χ3v) is 4.57. The second-order valence-electron chi connectivity index (χ2n) is 3.85. The minimum atomic E-state index is -3.19. The Balaban J connectivity index is 2.58. The van der Waals surface area contributed by atoms with Gasteiger partial charge in [-0.25, -0.2) is 12.8 Å². The predicted molar refractivity (Wildman–Crippen MR) is 68.3 cm³/mol. The first kappa shape index (κ1) is 15.0. The Labute approximate surface area is 108 Å². The lowest BCUT2D eigenvalue weighted by Gasteiger charge is -2.02. The molecule has 100 valence electrons. The minimum absolute atomic E-state index is 0.0834. The van der Waals surface area contributed by atoms with Crippen molar-refractivity contribution in [2.45, 2.75) is 0 Å². The molecule has 0 spiro atoms. The van der Waals surface area contributed by atoms with E-state index in [0.29, 0.717) is 0 Å². The van der Waals surface area contributed by atoms with E-state index in [1.54, 1.807) is 0 Å². The van der Waals surface area contributed by atoms with E-state index in [1.165, 1.54) is 18.2 Å². The van der Waals surface area contributed by atoms with Gasteiger partial charge in [0, 0.05) is 28.4 Å². The lowest BCUT2D eigenvalue weighted by atomic mass is 10.1. The molecule has 4 nitrogen and oxygen atoms in total. The normalized spacial score (nSPS) is 13.2. The van der Waals surface area contributed by atoms with Crippen molar-refractivity contribution >= 4 is 26.4 Å². The van der Waals surface area contributed by atoms with Gasteiger partial charge in [-0.2, -0.15) is 0 Å². The number of benzene rings is 1. The van der Waals surface area contributed by atoms with Crippen molar-refractivity contribution in [2.24, 2.45) is 0 Å².